The minimum Gasteiger partial charge on any atom is -0.506 e. The normalized spacial score (nSPS) is 15.2. The standard InChI is InChI=1S/C26H28N2O8S/c29-23-21-5-2-1-4-18(21)6-11-22(23)24(30)27-14-3-15-36-19-7-9-20(10-8-19)37(33,34)26(25(31)28-32)12-16-35-17-13-26/h1-2,4-11,29,32H,3,12-17H2,(H,27,30)(H,28,31). The van der Waals surface area contributed by atoms with Gasteiger partial charge in [0, 0.05) is 25.1 Å². The molecule has 10 nitrogen and oxygen atoms in total. The van der Waals surface area contributed by atoms with Gasteiger partial charge in [0.15, 0.2) is 14.6 Å². The first-order valence-electron chi connectivity index (χ1n) is 11.8. The van der Waals surface area contributed by atoms with Crippen LogP contribution in [0.1, 0.15) is 29.6 Å². The first-order valence-corrected chi connectivity index (χ1v) is 13.3. The molecule has 1 saturated heterocycles. The van der Waals surface area contributed by atoms with E-state index >= 15 is 0 Å². The third kappa shape index (κ3) is 5.24. The summed E-state index contributed by atoms with van der Waals surface area (Å²) in [5, 5.41) is 23.8. The Kier molecular flexibility index (Phi) is 7.96. The molecule has 0 bridgehead atoms. The van der Waals surface area contributed by atoms with Gasteiger partial charge in [-0.15, -0.1) is 0 Å². The van der Waals surface area contributed by atoms with Crippen LogP contribution in [0.15, 0.2) is 65.6 Å². The summed E-state index contributed by atoms with van der Waals surface area (Å²) >= 11 is 0. The highest BCUT2D eigenvalue weighted by molar-refractivity contribution is 7.93. The Labute approximate surface area is 214 Å². The summed E-state index contributed by atoms with van der Waals surface area (Å²) in [6.07, 6.45) is 0.339. The molecule has 0 saturated carbocycles. The lowest BCUT2D eigenvalue weighted by molar-refractivity contribution is -0.134. The van der Waals surface area contributed by atoms with Crippen LogP contribution in [-0.2, 0) is 19.4 Å². The van der Waals surface area contributed by atoms with E-state index in [2.05, 4.69) is 5.32 Å². The Morgan fingerprint density at radius 1 is 1.00 bits per heavy atom. The summed E-state index contributed by atoms with van der Waals surface area (Å²) in [6, 6.07) is 16.3. The van der Waals surface area contributed by atoms with E-state index in [0.717, 1.165) is 5.39 Å². The number of hydrogen-bond acceptors (Lipinski definition) is 8. The summed E-state index contributed by atoms with van der Waals surface area (Å²) in [5.41, 5.74) is 1.68. The van der Waals surface area contributed by atoms with Crippen molar-refractivity contribution in [2.45, 2.75) is 28.9 Å². The Balaban J connectivity index is 1.31. The average Bonchev–Trinajstić information content (AvgIpc) is 2.93. The maximum atomic E-state index is 13.3. The van der Waals surface area contributed by atoms with Gasteiger partial charge in [-0.25, -0.2) is 13.9 Å². The topological polar surface area (TPSA) is 151 Å². The first-order chi connectivity index (χ1) is 17.8. The number of benzene rings is 3. The maximum absolute atomic E-state index is 13.3. The van der Waals surface area contributed by atoms with Crippen molar-refractivity contribution in [3.8, 4) is 11.5 Å². The van der Waals surface area contributed by atoms with Crippen LogP contribution in [0.25, 0.3) is 10.8 Å². The van der Waals surface area contributed by atoms with E-state index in [4.69, 9.17) is 14.7 Å². The molecular formula is C26H28N2O8S. The Bertz CT molecular complexity index is 1380. The number of ether oxygens (including phenoxy) is 2. The Morgan fingerprint density at radius 2 is 1.70 bits per heavy atom. The number of carbonyl (C=O) groups is 2. The van der Waals surface area contributed by atoms with Gasteiger partial charge in [0.25, 0.3) is 11.8 Å². The molecule has 0 radical (unpaired) electrons. The molecule has 11 heteroatoms. The summed E-state index contributed by atoms with van der Waals surface area (Å²) in [4.78, 5) is 24.7. The number of nitrogens with one attached hydrogen (secondary N) is 2. The second-order valence-electron chi connectivity index (χ2n) is 8.66. The van der Waals surface area contributed by atoms with E-state index in [1.54, 1.807) is 24.3 Å². The minimum atomic E-state index is -4.11. The molecule has 0 atom stereocenters. The van der Waals surface area contributed by atoms with Gasteiger partial charge in [-0.3, -0.25) is 14.8 Å². The second-order valence-corrected chi connectivity index (χ2v) is 10.9. The minimum absolute atomic E-state index is 0.0622. The highest BCUT2D eigenvalue weighted by Crippen LogP contribution is 2.36. The number of sulfone groups is 1. The zero-order valence-corrected chi connectivity index (χ0v) is 20.8. The molecule has 0 aliphatic carbocycles. The number of phenolic OH excluding ortho intramolecular Hbond substituents is 1. The van der Waals surface area contributed by atoms with Crippen molar-refractivity contribution in [2.24, 2.45) is 0 Å². The molecule has 3 aromatic carbocycles. The van der Waals surface area contributed by atoms with Crippen molar-refractivity contribution in [2.75, 3.05) is 26.4 Å². The molecule has 1 fully saturated rings. The zero-order chi connectivity index (χ0) is 26.5. The largest absolute Gasteiger partial charge is 0.506 e. The van der Waals surface area contributed by atoms with Gasteiger partial charge >= 0.3 is 0 Å². The SMILES string of the molecule is O=C(NCCCOc1ccc(S(=O)(=O)C2(C(=O)NO)CCOCC2)cc1)c1ccc2ccccc2c1O. The van der Waals surface area contributed by atoms with Crippen molar-refractivity contribution in [3.63, 3.8) is 0 Å². The Hall–Kier alpha value is -3.67. The number of phenols is 1. The molecule has 2 amide bonds. The average molecular weight is 529 g/mol. The quantitative estimate of drug-likeness (QED) is 0.188. The molecule has 3 aromatic rings. The van der Waals surface area contributed by atoms with E-state index in [1.807, 2.05) is 12.1 Å². The highest BCUT2D eigenvalue weighted by atomic mass is 32.2. The van der Waals surface area contributed by atoms with Crippen LogP contribution in [0, 0.1) is 0 Å². The zero-order valence-electron chi connectivity index (χ0n) is 20.0. The molecule has 37 heavy (non-hydrogen) atoms. The van der Waals surface area contributed by atoms with Crippen molar-refractivity contribution in [3.05, 3.63) is 66.2 Å². The molecule has 4 N–H and O–H groups in total. The van der Waals surface area contributed by atoms with Gasteiger partial charge in [-0.2, -0.15) is 0 Å². The lowest BCUT2D eigenvalue weighted by atomic mass is 9.98. The molecule has 0 unspecified atom stereocenters. The fourth-order valence-corrected chi connectivity index (χ4v) is 6.30. The van der Waals surface area contributed by atoms with E-state index in [1.165, 1.54) is 29.7 Å². The number of amides is 2. The second kappa shape index (κ2) is 11.2. The van der Waals surface area contributed by atoms with E-state index in [9.17, 15) is 23.1 Å². The van der Waals surface area contributed by atoms with Gasteiger partial charge < -0.3 is 19.9 Å². The maximum Gasteiger partial charge on any atom is 0.265 e. The van der Waals surface area contributed by atoms with E-state index < -0.39 is 26.4 Å². The number of aromatic hydroxyl groups is 1. The molecule has 196 valence electrons. The van der Waals surface area contributed by atoms with Crippen LogP contribution in [0.3, 0.4) is 0 Å². The molecule has 0 aromatic heterocycles. The molecule has 1 aliphatic rings. The van der Waals surface area contributed by atoms with Crippen molar-refractivity contribution in [1.29, 1.82) is 0 Å². The molecule has 0 spiro atoms. The highest BCUT2D eigenvalue weighted by Gasteiger charge is 2.52. The monoisotopic (exact) mass is 528 g/mol. The van der Waals surface area contributed by atoms with E-state index in [0.29, 0.717) is 24.1 Å². The summed E-state index contributed by atoms with van der Waals surface area (Å²) in [7, 11) is -4.11. The summed E-state index contributed by atoms with van der Waals surface area (Å²) in [6.45, 7) is 0.735. The first kappa shape index (κ1) is 26.4. The van der Waals surface area contributed by atoms with Crippen molar-refractivity contribution < 1.29 is 37.8 Å². The van der Waals surface area contributed by atoms with E-state index in [-0.39, 0.29) is 48.9 Å². The third-order valence-electron chi connectivity index (χ3n) is 6.48. The number of hydrogen-bond donors (Lipinski definition) is 4. The fourth-order valence-electron chi connectivity index (χ4n) is 4.36. The lowest BCUT2D eigenvalue weighted by Gasteiger charge is -2.34. The summed E-state index contributed by atoms with van der Waals surface area (Å²) in [5.74, 6) is -1.02. The van der Waals surface area contributed by atoms with Crippen LogP contribution in [-0.4, -0.2) is 61.7 Å². The number of rotatable bonds is 9. The van der Waals surface area contributed by atoms with Crippen LogP contribution in [0.5, 0.6) is 11.5 Å². The molecule has 1 aliphatic heterocycles. The van der Waals surface area contributed by atoms with Gasteiger partial charge in [0.05, 0.1) is 17.1 Å². The van der Waals surface area contributed by atoms with Crippen molar-refractivity contribution in [1.82, 2.24) is 10.8 Å². The number of fused-ring (bicyclic) bond motifs is 1. The van der Waals surface area contributed by atoms with Crippen molar-refractivity contribution >= 4 is 32.4 Å². The van der Waals surface area contributed by atoms with Crippen LogP contribution in [0.4, 0.5) is 0 Å². The number of hydroxylamine groups is 1. The lowest BCUT2D eigenvalue weighted by Crippen LogP contribution is -2.54. The van der Waals surface area contributed by atoms with Gasteiger partial charge in [0.2, 0.25) is 0 Å². The Morgan fingerprint density at radius 3 is 2.41 bits per heavy atom. The fraction of sp³-hybridized carbons (Fsp3) is 0.308. The summed E-state index contributed by atoms with van der Waals surface area (Å²) < 4.78 is 35.6. The van der Waals surface area contributed by atoms with Crippen LogP contribution < -0.4 is 15.5 Å². The van der Waals surface area contributed by atoms with Crippen LogP contribution in [0.2, 0.25) is 0 Å². The molecule has 4 rings (SSSR count). The van der Waals surface area contributed by atoms with Gasteiger partial charge in [-0.1, -0.05) is 30.3 Å². The van der Waals surface area contributed by atoms with Gasteiger partial charge in [-0.05, 0) is 55.0 Å². The third-order valence-corrected chi connectivity index (χ3v) is 9.00. The van der Waals surface area contributed by atoms with Gasteiger partial charge in [0.1, 0.15) is 11.5 Å². The molecule has 1 heterocycles. The van der Waals surface area contributed by atoms with Crippen LogP contribution >= 0.6 is 0 Å². The molecular weight excluding hydrogens is 500 g/mol. The number of carbonyl (C=O) groups excluding carboxylic acids is 2. The smallest absolute Gasteiger partial charge is 0.265 e. The predicted molar refractivity (Wildman–Crippen MR) is 134 cm³/mol. The predicted octanol–water partition coefficient (Wildman–Crippen LogP) is 2.57.